The predicted molar refractivity (Wildman–Crippen MR) is 95.5 cm³/mol. The Balaban J connectivity index is 1.87. The molecule has 0 saturated carbocycles. The summed E-state index contributed by atoms with van der Waals surface area (Å²) in [4.78, 5) is 24.2. The number of hydrogen-bond acceptors (Lipinski definition) is 4. The number of anilines is 1. The Morgan fingerprint density at radius 3 is 2.33 bits per heavy atom. The highest BCUT2D eigenvalue weighted by Crippen LogP contribution is 2.23. The van der Waals surface area contributed by atoms with Crippen molar-refractivity contribution in [2.45, 2.75) is 6.92 Å². The lowest BCUT2D eigenvalue weighted by molar-refractivity contribution is -0.384. The minimum atomic E-state index is -0.468. The molecule has 0 unspecified atom stereocenters. The summed E-state index contributed by atoms with van der Waals surface area (Å²) in [5.74, 6) is -0.262. The summed E-state index contributed by atoms with van der Waals surface area (Å²) in [7, 11) is 0. The van der Waals surface area contributed by atoms with Gasteiger partial charge in [-0.1, -0.05) is 17.7 Å². The van der Waals surface area contributed by atoms with Crippen LogP contribution in [-0.2, 0) is 4.79 Å². The lowest BCUT2D eigenvalue weighted by Crippen LogP contribution is -2.30. The Labute approximate surface area is 143 Å². The van der Waals surface area contributed by atoms with Gasteiger partial charge in [0.15, 0.2) is 5.11 Å². The number of nitrogens with one attached hydrogen (secondary N) is 1. The number of hydrogen-bond donors (Lipinski definition) is 1. The van der Waals surface area contributed by atoms with E-state index in [1.807, 2.05) is 31.2 Å². The number of carbonyl (C=O) groups excluding carboxylic acids is 1. The average Bonchev–Trinajstić information content (AvgIpc) is 2.83. The minimum Gasteiger partial charge on any atom is -0.327 e. The van der Waals surface area contributed by atoms with Crippen LogP contribution in [0, 0.1) is 17.0 Å². The van der Waals surface area contributed by atoms with E-state index in [2.05, 4.69) is 5.32 Å². The molecular formula is C17H13N3O3S. The van der Waals surface area contributed by atoms with E-state index in [1.54, 1.807) is 18.2 Å². The first kappa shape index (κ1) is 15.8. The average molecular weight is 339 g/mol. The van der Waals surface area contributed by atoms with Crippen molar-refractivity contribution in [3.8, 4) is 0 Å². The molecule has 0 radical (unpaired) electrons. The Bertz CT molecular complexity index is 858. The number of carbonyl (C=O) groups is 1. The van der Waals surface area contributed by atoms with E-state index in [1.165, 1.54) is 17.0 Å². The van der Waals surface area contributed by atoms with Gasteiger partial charge in [-0.25, -0.2) is 0 Å². The molecule has 0 atom stereocenters. The number of thiocarbonyl (C=S) groups is 1. The summed E-state index contributed by atoms with van der Waals surface area (Å²) >= 11 is 5.24. The van der Waals surface area contributed by atoms with Crippen LogP contribution in [0.2, 0.25) is 0 Å². The zero-order chi connectivity index (χ0) is 17.3. The van der Waals surface area contributed by atoms with Crippen molar-refractivity contribution < 1.29 is 9.72 Å². The molecule has 1 aliphatic rings. The molecule has 1 fully saturated rings. The number of rotatable bonds is 3. The second-order valence-electron chi connectivity index (χ2n) is 5.31. The third kappa shape index (κ3) is 3.02. The number of nitro groups is 1. The molecule has 0 spiro atoms. The Morgan fingerprint density at radius 2 is 1.75 bits per heavy atom. The summed E-state index contributed by atoms with van der Waals surface area (Å²) in [6.07, 6.45) is 1.62. The van der Waals surface area contributed by atoms with E-state index in [0.29, 0.717) is 22.1 Å². The highest BCUT2D eigenvalue weighted by atomic mass is 32.1. The first-order valence-electron chi connectivity index (χ1n) is 7.14. The molecule has 1 saturated heterocycles. The monoisotopic (exact) mass is 339 g/mol. The Morgan fingerprint density at radius 1 is 1.12 bits per heavy atom. The van der Waals surface area contributed by atoms with Gasteiger partial charge in [0.25, 0.3) is 11.6 Å². The van der Waals surface area contributed by atoms with Crippen LogP contribution in [-0.4, -0.2) is 15.9 Å². The predicted octanol–water partition coefficient (Wildman–Crippen LogP) is 3.17. The summed E-state index contributed by atoms with van der Waals surface area (Å²) in [5.41, 5.74) is 2.78. The highest BCUT2D eigenvalue weighted by Gasteiger charge is 2.31. The van der Waals surface area contributed by atoms with Gasteiger partial charge in [0.2, 0.25) is 0 Å². The maximum Gasteiger partial charge on any atom is 0.281 e. The van der Waals surface area contributed by atoms with E-state index in [4.69, 9.17) is 12.2 Å². The summed E-state index contributed by atoms with van der Waals surface area (Å²) in [6.45, 7) is 1.96. The van der Waals surface area contributed by atoms with Gasteiger partial charge in [0, 0.05) is 12.1 Å². The summed E-state index contributed by atoms with van der Waals surface area (Å²) in [6, 6.07) is 13.4. The third-order valence-corrected chi connectivity index (χ3v) is 3.87. The fourth-order valence-corrected chi connectivity index (χ4v) is 2.62. The zero-order valence-electron chi connectivity index (χ0n) is 12.7. The topological polar surface area (TPSA) is 75.5 Å². The molecule has 0 aromatic heterocycles. The molecule has 2 aromatic carbocycles. The fourth-order valence-electron chi connectivity index (χ4n) is 2.32. The number of nitrogens with zero attached hydrogens (tertiary/aromatic N) is 2. The number of nitro benzene ring substituents is 1. The van der Waals surface area contributed by atoms with Gasteiger partial charge in [0.05, 0.1) is 10.6 Å². The van der Waals surface area contributed by atoms with Crippen LogP contribution in [0.3, 0.4) is 0 Å². The molecule has 0 aliphatic carbocycles. The van der Waals surface area contributed by atoms with Crippen LogP contribution >= 0.6 is 12.2 Å². The van der Waals surface area contributed by atoms with Crippen molar-refractivity contribution >= 4 is 40.7 Å². The quantitative estimate of drug-likeness (QED) is 0.402. The van der Waals surface area contributed by atoms with E-state index >= 15 is 0 Å². The van der Waals surface area contributed by atoms with Gasteiger partial charge in [-0.15, -0.1) is 0 Å². The first-order chi connectivity index (χ1) is 11.5. The maximum atomic E-state index is 12.6. The maximum absolute atomic E-state index is 12.6. The van der Waals surface area contributed by atoms with Crippen molar-refractivity contribution in [1.82, 2.24) is 5.32 Å². The van der Waals surface area contributed by atoms with E-state index in [9.17, 15) is 14.9 Å². The molecule has 0 bridgehead atoms. The number of benzene rings is 2. The van der Waals surface area contributed by atoms with Crippen molar-refractivity contribution in [3.63, 3.8) is 0 Å². The van der Waals surface area contributed by atoms with Gasteiger partial charge in [0.1, 0.15) is 5.70 Å². The molecule has 1 heterocycles. The van der Waals surface area contributed by atoms with E-state index < -0.39 is 4.92 Å². The molecule has 1 aliphatic heterocycles. The second-order valence-corrected chi connectivity index (χ2v) is 5.70. The van der Waals surface area contributed by atoms with Crippen LogP contribution in [0.1, 0.15) is 11.1 Å². The van der Waals surface area contributed by atoms with Crippen LogP contribution in [0.4, 0.5) is 11.4 Å². The largest absolute Gasteiger partial charge is 0.327 e. The molecule has 1 amide bonds. The second kappa shape index (κ2) is 6.21. The molecule has 2 aromatic rings. The van der Waals surface area contributed by atoms with E-state index in [0.717, 1.165) is 5.56 Å². The molecule has 1 N–H and O–H groups in total. The molecular weight excluding hydrogens is 326 g/mol. The fraction of sp³-hybridized carbons (Fsp3) is 0.0588. The van der Waals surface area contributed by atoms with Crippen molar-refractivity contribution in [2.24, 2.45) is 0 Å². The third-order valence-electron chi connectivity index (χ3n) is 3.59. The molecule has 24 heavy (non-hydrogen) atoms. The van der Waals surface area contributed by atoms with Gasteiger partial charge in [-0.05, 0) is 55.0 Å². The molecule has 7 heteroatoms. The van der Waals surface area contributed by atoms with Crippen LogP contribution in [0.25, 0.3) is 6.08 Å². The van der Waals surface area contributed by atoms with Crippen molar-refractivity contribution in [2.75, 3.05) is 4.90 Å². The normalized spacial score (nSPS) is 15.7. The Hall–Kier alpha value is -3.06. The summed E-state index contributed by atoms with van der Waals surface area (Å²) in [5, 5.41) is 13.9. The minimum absolute atomic E-state index is 0.000314. The summed E-state index contributed by atoms with van der Waals surface area (Å²) < 4.78 is 0. The van der Waals surface area contributed by atoms with Crippen LogP contribution < -0.4 is 10.2 Å². The lowest BCUT2D eigenvalue weighted by atomic mass is 10.1. The first-order valence-corrected chi connectivity index (χ1v) is 7.55. The van der Waals surface area contributed by atoms with Gasteiger partial charge >= 0.3 is 0 Å². The number of amides is 1. The molecule has 6 nitrogen and oxygen atoms in total. The van der Waals surface area contributed by atoms with Gasteiger partial charge < -0.3 is 5.32 Å². The zero-order valence-corrected chi connectivity index (χ0v) is 13.5. The van der Waals surface area contributed by atoms with Gasteiger partial charge in [-0.2, -0.15) is 0 Å². The van der Waals surface area contributed by atoms with Crippen molar-refractivity contribution in [3.05, 3.63) is 75.5 Å². The smallest absolute Gasteiger partial charge is 0.281 e. The number of non-ortho nitro benzene ring substituents is 1. The molecule has 3 rings (SSSR count). The highest BCUT2D eigenvalue weighted by molar-refractivity contribution is 7.80. The Kier molecular flexibility index (Phi) is 4.09. The standard InChI is InChI=1S/C17H13N3O3S/c1-11-2-6-13(7-3-11)19-16(21)15(18-17(19)24)10-12-4-8-14(9-5-12)20(22)23/h2-10H,1H3,(H,18,24)/b15-10-. The van der Waals surface area contributed by atoms with Crippen LogP contribution in [0.15, 0.2) is 54.2 Å². The van der Waals surface area contributed by atoms with Crippen LogP contribution in [0.5, 0.6) is 0 Å². The van der Waals surface area contributed by atoms with E-state index in [-0.39, 0.29) is 11.6 Å². The lowest BCUT2D eigenvalue weighted by Gasteiger charge is -2.13. The van der Waals surface area contributed by atoms with Gasteiger partial charge in [-0.3, -0.25) is 19.8 Å². The number of aryl methyl sites for hydroxylation is 1. The van der Waals surface area contributed by atoms with Crippen molar-refractivity contribution in [1.29, 1.82) is 0 Å². The SMILES string of the molecule is Cc1ccc(N2C(=O)/C(=C/c3ccc([N+](=O)[O-])cc3)NC2=S)cc1. The molecule has 120 valence electrons.